The van der Waals surface area contributed by atoms with Crippen molar-refractivity contribution in [2.24, 2.45) is 0 Å². The van der Waals surface area contributed by atoms with Crippen molar-refractivity contribution in [1.29, 1.82) is 0 Å². The molecule has 1 N–H and O–H groups in total. The Morgan fingerprint density at radius 2 is 1.71 bits per heavy atom. The predicted molar refractivity (Wildman–Crippen MR) is 132 cm³/mol. The first-order valence-electron chi connectivity index (χ1n) is 11.1. The normalized spacial score (nSPS) is 12.9. The largest absolute Gasteiger partial charge is 0.486 e. The predicted octanol–water partition coefficient (Wildman–Crippen LogP) is 2.75. The maximum Gasteiger partial charge on any atom is 0.266 e. The van der Waals surface area contributed by atoms with Crippen molar-refractivity contribution in [2.75, 3.05) is 19.0 Å². The van der Waals surface area contributed by atoms with Gasteiger partial charge in [0.25, 0.3) is 11.1 Å². The van der Waals surface area contributed by atoms with Gasteiger partial charge in [-0.1, -0.05) is 24.8 Å². The van der Waals surface area contributed by atoms with Crippen molar-refractivity contribution in [1.82, 2.24) is 29.3 Å². The summed E-state index contributed by atoms with van der Waals surface area (Å²) in [6.45, 7) is 3.36. The lowest BCUT2D eigenvalue weighted by molar-refractivity contribution is 0.171. The van der Waals surface area contributed by atoms with Crippen molar-refractivity contribution < 1.29 is 9.47 Å². The number of fused-ring (bicyclic) bond motifs is 3. The van der Waals surface area contributed by atoms with Gasteiger partial charge in [0.05, 0.1) is 28.4 Å². The highest BCUT2D eigenvalue weighted by atomic mass is 32.2. The molecule has 0 saturated heterocycles. The summed E-state index contributed by atoms with van der Waals surface area (Å²) >= 11 is 1.47. The van der Waals surface area contributed by atoms with Gasteiger partial charge in [0.2, 0.25) is 11.1 Å². The third kappa shape index (κ3) is 3.83. The van der Waals surface area contributed by atoms with Gasteiger partial charge < -0.3 is 14.0 Å². The van der Waals surface area contributed by atoms with E-state index in [4.69, 9.17) is 9.47 Å². The first-order valence-corrected chi connectivity index (χ1v) is 12.1. The lowest BCUT2D eigenvalue weighted by atomic mass is 10.1. The van der Waals surface area contributed by atoms with E-state index in [1.54, 1.807) is 35.2 Å². The van der Waals surface area contributed by atoms with Crippen LogP contribution < -0.4 is 20.6 Å². The molecule has 4 aromatic heterocycles. The van der Waals surface area contributed by atoms with E-state index < -0.39 is 0 Å². The van der Waals surface area contributed by atoms with Gasteiger partial charge in [0, 0.05) is 12.4 Å². The number of pyridine rings is 3. The number of nitrogens with one attached hydrogen (secondary N) is 1. The molecule has 0 bridgehead atoms. The van der Waals surface area contributed by atoms with Gasteiger partial charge in [-0.15, -0.1) is 5.10 Å². The molecule has 0 spiro atoms. The minimum atomic E-state index is -0.331. The zero-order chi connectivity index (χ0) is 23.9. The van der Waals surface area contributed by atoms with Gasteiger partial charge in [-0.3, -0.25) is 14.2 Å². The Morgan fingerprint density at radius 3 is 2.54 bits per heavy atom. The Hall–Kier alpha value is -4.12. The van der Waals surface area contributed by atoms with Crippen LogP contribution in [0.2, 0.25) is 0 Å². The summed E-state index contributed by atoms with van der Waals surface area (Å²) in [5.41, 5.74) is 1.37. The molecule has 5 aromatic rings. The number of thioether (sulfide) groups is 1. The van der Waals surface area contributed by atoms with Gasteiger partial charge in [0.15, 0.2) is 11.5 Å². The number of nitrogens with zero attached hydrogens (tertiary/aromatic N) is 5. The molecule has 1 aliphatic heterocycles. The summed E-state index contributed by atoms with van der Waals surface area (Å²) in [4.78, 5) is 35.5. The lowest BCUT2D eigenvalue weighted by Gasteiger charge is -2.19. The maximum atomic E-state index is 13.3. The Balaban J connectivity index is 1.41. The van der Waals surface area contributed by atoms with Crippen LogP contribution in [0.15, 0.2) is 63.5 Å². The standard InChI is InChI=1S/C24H20N6O4S/c1-2-35-24-26-23(27-28-24)30-8-6-18-16(22(30)32)12-15-17(25-18)5-7-29(21(15)31)13-14-3-4-19-20(11-14)34-10-9-33-19/h3-8,11-12H,2,9-10,13H2,1H3,(H,26,27,28). The van der Waals surface area contributed by atoms with Crippen LogP contribution in [0.3, 0.4) is 0 Å². The minimum absolute atomic E-state index is 0.233. The maximum absolute atomic E-state index is 13.3. The summed E-state index contributed by atoms with van der Waals surface area (Å²) in [6, 6.07) is 10.8. The molecule has 1 aliphatic rings. The molecule has 0 saturated carbocycles. The van der Waals surface area contributed by atoms with E-state index in [0.29, 0.717) is 64.2 Å². The molecule has 0 amide bonds. The second-order valence-corrected chi connectivity index (χ2v) is 9.18. The molecule has 0 radical (unpaired) electrons. The molecule has 35 heavy (non-hydrogen) atoms. The van der Waals surface area contributed by atoms with Gasteiger partial charge in [-0.2, -0.15) is 4.98 Å². The van der Waals surface area contributed by atoms with E-state index in [0.717, 1.165) is 11.3 Å². The van der Waals surface area contributed by atoms with Crippen LogP contribution in [0.4, 0.5) is 0 Å². The Labute approximate surface area is 202 Å². The number of hydrogen-bond donors (Lipinski definition) is 1. The van der Waals surface area contributed by atoms with Gasteiger partial charge in [0.1, 0.15) is 13.2 Å². The van der Waals surface area contributed by atoms with Crippen LogP contribution in [0.25, 0.3) is 27.8 Å². The third-order valence-corrected chi connectivity index (χ3v) is 6.46. The molecule has 0 atom stereocenters. The van der Waals surface area contributed by atoms with E-state index in [1.807, 2.05) is 25.1 Å². The lowest BCUT2D eigenvalue weighted by Crippen LogP contribution is -2.22. The van der Waals surface area contributed by atoms with Crippen molar-refractivity contribution in [3.63, 3.8) is 0 Å². The fourth-order valence-electron chi connectivity index (χ4n) is 4.08. The molecule has 5 heterocycles. The van der Waals surface area contributed by atoms with Crippen LogP contribution in [-0.4, -0.2) is 48.3 Å². The van der Waals surface area contributed by atoms with Gasteiger partial charge in [-0.25, -0.2) is 10.1 Å². The molecule has 1 aromatic carbocycles. The fourth-order valence-corrected chi connectivity index (χ4v) is 4.60. The number of rotatable bonds is 5. The van der Waals surface area contributed by atoms with Crippen LogP contribution in [0.1, 0.15) is 12.5 Å². The number of aromatic amines is 1. The number of ether oxygens (including phenoxy) is 2. The van der Waals surface area contributed by atoms with E-state index in [2.05, 4.69) is 20.2 Å². The summed E-state index contributed by atoms with van der Waals surface area (Å²) in [6.07, 6.45) is 3.32. The number of hydrogen-bond acceptors (Lipinski definition) is 8. The van der Waals surface area contributed by atoms with Crippen LogP contribution in [0.5, 0.6) is 11.5 Å². The average molecular weight is 489 g/mol. The highest BCUT2D eigenvalue weighted by Crippen LogP contribution is 2.31. The first-order chi connectivity index (χ1) is 17.1. The highest BCUT2D eigenvalue weighted by molar-refractivity contribution is 7.99. The van der Waals surface area contributed by atoms with Crippen molar-refractivity contribution in [3.05, 3.63) is 75.1 Å². The van der Waals surface area contributed by atoms with E-state index >= 15 is 0 Å². The third-order valence-electron chi connectivity index (χ3n) is 5.73. The number of H-pyrrole nitrogens is 1. The van der Waals surface area contributed by atoms with Crippen molar-refractivity contribution in [3.8, 4) is 17.4 Å². The van der Waals surface area contributed by atoms with E-state index in [-0.39, 0.29) is 11.1 Å². The second kappa shape index (κ2) is 8.58. The minimum Gasteiger partial charge on any atom is -0.486 e. The zero-order valence-electron chi connectivity index (χ0n) is 18.7. The Morgan fingerprint density at radius 1 is 0.943 bits per heavy atom. The summed E-state index contributed by atoms with van der Waals surface area (Å²) in [5, 5.41) is 8.18. The van der Waals surface area contributed by atoms with E-state index in [1.165, 1.54) is 16.3 Å². The molecular formula is C24H20N6O4S. The molecule has 176 valence electrons. The number of aromatic nitrogens is 6. The second-order valence-electron chi connectivity index (χ2n) is 7.95. The molecule has 11 heteroatoms. The van der Waals surface area contributed by atoms with Crippen molar-refractivity contribution >= 4 is 33.6 Å². The molecule has 10 nitrogen and oxygen atoms in total. The molecule has 6 rings (SSSR count). The smallest absolute Gasteiger partial charge is 0.266 e. The highest BCUT2D eigenvalue weighted by Gasteiger charge is 2.15. The van der Waals surface area contributed by atoms with Crippen LogP contribution in [-0.2, 0) is 6.54 Å². The summed E-state index contributed by atoms with van der Waals surface area (Å²) < 4.78 is 14.2. The number of benzene rings is 1. The average Bonchev–Trinajstić information content (AvgIpc) is 3.34. The molecular weight excluding hydrogens is 468 g/mol. The Bertz CT molecular complexity index is 1710. The monoisotopic (exact) mass is 488 g/mol. The fraction of sp³-hybridized carbons (Fsp3) is 0.208. The SMILES string of the molecule is CCSc1n[nH]c(-n2ccc3nc4ccn(Cc5ccc6c(c5)OCCO6)c(=O)c4cc3c2=O)n1. The van der Waals surface area contributed by atoms with Crippen molar-refractivity contribution in [2.45, 2.75) is 18.6 Å². The first kappa shape index (κ1) is 21.4. The topological polar surface area (TPSA) is 117 Å². The quantitative estimate of drug-likeness (QED) is 0.297. The molecule has 0 unspecified atom stereocenters. The Kier molecular flexibility index (Phi) is 5.25. The molecule has 0 fully saturated rings. The summed E-state index contributed by atoms with van der Waals surface area (Å²) in [5.74, 6) is 2.50. The molecule has 0 aliphatic carbocycles. The van der Waals surface area contributed by atoms with Gasteiger partial charge in [-0.05, 0) is 41.6 Å². The van der Waals surface area contributed by atoms with Crippen LogP contribution >= 0.6 is 11.8 Å². The van der Waals surface area contributed by atoms with E-state index in [9.17, 15) is 9.59 Å². The van der Waals surface area contributed by atoms with Gasteiger partial charge >= 0.3 is 0 Å². The zero-order valence-corrected chi connectivity index (χ0v) is 19.5. The van der Waals surface area contributed by atoms with Crippen LogP contribution in [0, 0.1) is 0 Å². The summed E-state index contributed by atoms with van der Waals surface area (Å²) in [7, 11) is 0.